The zero-order valence-electron chi connectivity index (χ0n) is 9.50. The van der Waals surface area contributed by atoms with Gasteiger partial charge in [-0.3, -0.25) is 4.31 Å². The van der Waals surface area contributed by atoms with Crippen LogP contribution in [0.25, 0.3) is 0 Å². The third-order valence-electron chi connectivity index (χ3n) is 2.41. The molecule has 4 nitrogen and oxygen atoms in total. The minimum Gasteiger partial charge on any atom is -0.399 e. The van der Waals surface area contributed by atoms with E-state index in [4.69, 9.17) is 5.73 Å². The molecule has 1 aromatic carbocycles. The molecule has 0 aliphatic heterocycles. The van der Waals surface area contributed by atoms with Crippen LogP contribution in [0.5, 0.6) is 0 Å². The van der Waals surface area contributed by atoms with Crippen molar-refractivity contribution >= 4 is 48.7 Å². The minimum absolute atomic E-state index is 0.285. The van der Waals surface area contributed by atoms with E-state index in [1.54, 1.807) is 35.7 Å². The Bertz CT molecular complexity index is 667. The number of anilines is 2. The van der Waals surface area contributed by atoms with E-state index in [2.05, 4.69) is 15.9 Å². The molecular weight excluding hydrogens is 336 g/mol. The SMILES string of the molecule is CN(c1cccc(N)c1)S(=O)(=O)c1sccc1Br. The number of sulfonamides is 1. The average molecular weight is 347 g/mol. The van der Waals surface area contributed by atoms with Gasteiger partial charge in [0.05, 0.1) is 5.69 Å². The van der Waals surface area contributed by atoms with Crippen LogP contribution >= 0.6 is 27.3 Å². The van der Waals surface area contributed by atoms with Gasteiger partial charge in [0.25, 0.3) is 10.0 Å². The summed E-state index contributed by atoms with van der Waals surface area (Å²) in [5.74, 6) is 0. The molecule has 0 bridgehead atoms. The van der Waals surface area contributed by atoms with Gasteiger partial charge >= 0.3 is 0 Å². The zero-order valence-corrected chi connectivity index (χ0v) is 12.7. The van der Waals surface area contributed by atoms with Crippen molar-refractivity contribution in [2.75, 3.05) is 17.1 Å². The quantitative estimate of drug-likeness (QED) is 0.869. The maximum absolute atomic E-state index is 12.4. The molecule has 18 heavy (non-hydrogen) atoms. The second-order valence-corrected chi connectivity index (χ2v) is 7.56. The molecule has 2 N–H and O–H groups in total. The molecule has 0 saturated carbocycles. The predicted octanol–water partition coefficient (Wildman–Crippen LogP) is 2.92. The highest BCUT2D eigenvalue weighted by Gasteiger charge is 2.25. The molecule has 0 fully saturated rings. The van der Waals surface area contributed by atoms with Gasteiger partial charge in [-0.2, -0.15) is 0 Å². The van der Waals surface area contributed by atoms with Gasteiger partial charge in [0.1, 0.15) is 0 Å². The first-order chi connectivity index (χ1) is 8.43. The van der Waals surface area contributed by atoms with E-state index < -0.39 is 10.0 Å². The van der Waals surface area contributed by atoms with Crippen LogP contribution in [-0.2, 0) is 10.0 Å². The predicted molar refractivity (Wildman–Crippen MR) is 78.5 cm³/mol. The highest BCUT2D eigenvalue weighted by Crippen LogP contribution is 2.32. The Kier molecular flexibility index (Phi) is 3.65. The molecule has 96 valence electrons. The lowest BCUT2D eigenvalue weighted by Crippen LogP contribution is -2.26. The average Bonchev–Trinajstić information content (AvgIpc) is 2.75. The van der Waals surface area contributed by atoms with Gasteiger partial charge in [-0.15, -0.1) is 11.3 Å². The molecule has 1 heterocycles. The summed E-state index contributed by atoms with van der Waals surface area (Å²) in [6.07, 6.45) is 0. The molecule has 0 amide bonds. The van der Waals surface area contributed by atoms with Crippen molar-refractivity contribution in [1.29, 1.82) is 0 Å². The Balaban J connectivity index is 2.46. The molecular formula is C11H11BrN2O2S2. The lowest BCUT2D eigenvalue weighted by atomic mass is 10.3. The highest BCUT2D eigenvalue weighted by atomic mass is 79.9. The van der Waals surface area contributed by atoms with Gasteiger partial charge in [-0.1, -0.05) is 6.07 Å². The van der Waals surface area contributed by atoms with Gasteiger partial charge in [0.15, 0.2) is 4.21 Å². The van der Waals surface area contributed by atoms with Crippen molar-refractivity contribution in [3.63, 3.8) is 0 Å². The van der Waals surface area contributed by atoms with Crippen molar-refractivity contribution in [2.24, 2.45) is 0 Å². The summed E-state index contributed by atoms with van der Waals surface area (Å²) >= 11 is 4.41. The molecule has 2 rings (SSSR count). The smallest absolute Gasteiger partial charge is 0.274 e. The molecule has 1 aromatic heterocycles. The topological polar surface area (TPSA) is 63.4 Å². The zero-order chi connectivity index (χ0) is 13.3. The molecule has 0 aliphatic carbocycles. The molecule has 0 unspecified atom stereocenters. The summed E-state index contributed by atoms with van der Waals surface area (Å²) in [5.41, 5.74) is 6.73. The fraction of sp³-hybridized carbons (Fsp3) is 0.0909. The van der Waals surface area contributed by atoms with Crippen LogP contribution in [0, 0.1) is 0 Å². The number of hydrogen-bond acceptors (Lipinski definition) is 4. The lowest BCUT2D eigenvalue weighted by molar-refractivity contribution is 0.596. The Morgan fingerprint density at radius 1 is 1.33 bits per heavy atom. The third-order valence-corrected chi connectivity index (χ3v) is 6.85. The fourth-order valence-electron chi connectivity index (χ4n) is 1.45. The summed E-state index contributed by atoms with van der Waals surface area (Å²) in [5, 5.41) is 1.73. The van der Waals surface area contributed by atoms with Crippen molar-refractivity contribution < 1.29 is 8.42 Å². The number of nitrogens with zero attached hydrogens (tertiary/aromatic N) is 1. The maximum Gasteiger partial charge on any atom is 0.274 e. The molecule has 0 saturated heterocycles. The molecule has 0 atom stereocenters. The first-order valence-corrected chi connectivity index (χ1v) is 8.11. The first-order valence-electron chi connectivity index (χ1n) is 5.00. The fourth-order valence-corrected chi connectivity index (χ4v) is 5.10. The third kappa shape index (κ3) is 2.38. The van der Waals surface area contributed by atoms with E-state index in [-0.39, 0.29) is 4.21 Å². The van der Waals surface area contributed by atoms with Gasteiger partial charge in [0, 0.05) is 17.2 Å². The summed E-state index contributed by atoms with van der Waals surface area (Å²) < 4.78 is 26.9. The number of halogens is 1. The lowest BCUT2D eigenvalue weighted by Gasteiger charge is -2.19. The number of nitrogen functional groups attached to an aromatic ring is 1. The Labute approximate surface area is 118 Å². The molecule has 2 aromatic rings. The van der Waals surface area contributed by atoms with Gasteiger partial charge in [0.2, 0.25) is 0 Å². The number of nitrogens with two attached hydrogens (primary N) is 1. The second kappa shape index (κ2) is 4.91. The van der Waals surface area contributed by atoms with Crippen LogP contribution in [-0.4, -0.2) is 15.5 Å². The van der Waals surface area contributed by atoms with Crippen LogP contribution in [0.3, 0.4) is 0 Å². The number of rotatable bonds is 3. The van der Waals surface area contributed by atoms with Crippen molar-refractivity contribution in [1.82, 2.24) is 0 Å². The number of benzene rings is 1. The van der Waals surface area contributed by atoms with Gasteiger partial charge in [-0.05, 0) is 45.6 Å². The van der Waals surface area contributed by atoms with E-state index in [0.29, 0.717) is 15.8 Å². The molecule has 0 aliphatic rings. The minimum atomic E-state index is -3.55. The van der Waals surface area contributed by atoms with Crippen molar-refractivity contribution in [3.05, 3.63) is 40.2 Å². The number of thiophene rings is 1. The summed E-state index contributed by atoms with van der Waals surface area (Å²) in [6.45, 7) is 0. The van der Waals surface area contributed by atoms with E-state index in [9.17, 15) is 8.42 Å². The van der Waals surface area contributed by atoms with Crippen molar-refractivity contribution in [3.8, 4) is 0 Å². The van der Waals surface area contributed by atoms with E-state index in [1.165, 1.54) is 22.7 Å². The van der Waals surface area contributed by atoms with E-state index >= 15 is 0 Å². The number of hydrogen-bond donors (Lipinski definition) is 1. The van der Waals surface area contributed by atoms with Crippen LogP contribution in [0.2, 0.25) is 0 Å². The summed E-state index contributed by atoms with van der Waals surface area (Å²) in [6, 6.07) is 8.48. The Hall–Kier alpha value is -1.05. The van der Waals surface area contributed by atoms with Crippen LogP contribution in [0.4, 0.5) is 11.4 Å². The van der Waals surface area contributed by atoms with Gasteiger partial charge in [-0.25, -0.2) is 8.42 Å². The Morgan fingerprint density at radius 2 is 2.06 bits per heavy atom. The van der Waals surface area contributed by atoms with Crippen LogP contribution in [0.1, 0.15) is 0 Å². The molecule has 0 spiro atoms. The van der Waals surface area contributed by atoms with Gasteiger partial charge < -0.3 is 5.73 Å². The maximum atomic E-state index is 12.4. The first kappa shape index (κ1) is 13.4. The van der Waals surface area contributed by atoms with E-state index in [1.807, 2.05) is 0 Å². The molecule has 0 radical (unpaired) electrons. The Morgan fingerprint density at radius 3 is 2.61 bits per heavy atom. The van der Waals surface area contributed by atoms with Crippen molar-refractivity contribution in [2.45, 2.75) is 4.21 Å². The second-order valence-electron chi connectivity index (χ2n) is 3.62. The molecule has 7 heteroatoms. The van der Waals surface area contributed by atoms with Crippen LogP contribution < -0.4 is 10.0 Å². The van der Waals surface area contributed by atoms with E-state index in [0.717, 1.165) is 0 Å². The monoisotopic (exact) mass is 346 g/mol. The summed E-state index contributed by atoms with van der Waals surface area (Å²) in [4.78, 5) is 0. The largest absolute Gasteiger partial charge is 0.399 e. The summed E-state index contributed by atoms with van der Waals surface area (Å²) in [7, 11) is -2.04. The van der Waals surface area contributed by atoms with Crippen LogP contribution in [0.15, 0.2) is 44.4 Å². The normalized spacial score (nSPS) is 11.4. The highest BCUT2D eigenvalue weighted by molar-refractivity contribution is 9.10. The standard InChI is InChI=1S/C11H11BrN2O2S2/c1-14(9-4-2-3-8(13)7-9)18(15,16)11-10(12)5-6-17-11/h2-7H,13H2,1H3.